The largest absolute Gasteiger partial charge is 0.462 e. The zero-order valence-corrected chi connectivity index (χ0v) is 36.8. The molecule has 0 N–H and O–H groups in total. The van der Waals surface area contributed by atoms with Gasteiger partial charge in [0.2, 0.25) is 0 Å². The summed E-state index contributed by atoms with van der Waals surface area (Å²) in [7, 11) is 0. The number of hydrogen-bond acceptors (Lipinski definition) is 2. The minimum absolute atomic E-state index is 0.0167. The van der Waals surface area contributed by atoms with Gasteiger partial charge >= 0.3 is 5.97 Å². The van der Waals surface area contributed by atoms with E-state index in [1.54, 1.807) is 0 Å². The average molecular weight is 827 g/mol. The van der Waals surface area contributed by atoms with Gasteiger partial charge in [0.25, 0.3) is 0 Å². The van der Waals surface area contributed by atoms with Gasteiger partial charge in [-0.25, -0.2) is 0 Å². The number of ether oxygens (including phenoxy) is 1. The molecule has 0 spiro atoms. The van der Waals surface area contributed by atoms with Gasteiger partial charge in [-0.2, -0.15) is 0 Å². The first-order valence-corrected chi connectivity index (χ1v) is 24.4. The summed E-state index contributed by atoms with van der Waals surface area (Å²) in [6.07, 6.45) is 42.7. The maximum Gasteiger partial charge on any atom is 0.306 e. The fraction of sp³-hybridized carbons (Fsp3) is 0.978. The van der Waals surface area contributed by atoms with Crippen LogP contribution in [-0.4, -0.2) is 21.2 Å². The Labute approximate surface area is 328 Å². The monoisotopic (exact) mass is 824 g/mol. The maximum absolute atomic E-state index is 13.0. The molecule has 0 aromatic carbocycles. The van der Waals surface area contributed by atoms with Crippen molar-refractivity contribution in [3.63, 3.8) is 0 Å². The van der Waals surface area contributed by atoms with Crippen LogP contribution < -0.4 is 0 Å². The van der Waals surface area contributed by atoms with Crippen molar-refractivity contribution >= 4 is 37.8 Å². The molecular weight excluding hydrogens is 744 g/mol. The molecule has 4 fully saturated rings. The summed E-state index contributed by atoms with van der Waals surface area (Å²) in [6.45, 7) is 9.95. The van der Waals surface area contributed by atoms with Gasteiger partial charge in [-0.15, -0.1) is 0 Å². The second kappa shape index (κ2) is 22.1. The van der Waals surface area contributed by atoms with Crippen molar-refractivity contribution in [1.29, 1.82) is 0 Å². The summed E-state index contributed by atoms with van der Waals surface area (Å²) >= 11 is 8.73. The lowest BCUT2D eigenvalue weighted by atomic mass is 9.44. The van der Waals surface area contributed by atoms with E-state index in [0.717, 1.165) is 42.9 Å². The molecule has 9 atom stereocenters. The highest BCUT2D eigenvalue weighted by atomic mass is 79.9. The standard InChI is InChI=1S/C46H82Br2O2/c1-5-7-9-11-13-14-15-16-17-18-19-20-21-22-24-26-28-43(49)50-38-31-34-45(4)41-32-33-44(3)37(27-25-23-12-10-8-6-2)29-30-40(44)39(41)35-42(47)46(45,48)36-38/h37-42H,5-36H2,1-4H3/t37?,38-,39?,40?,41?,42?,44+,45+,46?/m0/s1. The van der Waals surface area contributed by atoms with Crippen LogP contribution in [0.3, 0.4) is 0 Å². The summed E-state index contributed by atoms with van der Waals surface area (Å²) < 4.78 is 6.25. The molecule has 50 heavy (non-hydrogen) atoms. The number of alkyl halides is 2. The van der Waals surface area contributed by atoms with E-state index < -0.39 is 0 Å². The summed E-state index contributed by atoms with van der Waals surface area (Å²) in [5.74, 6) is 3.54. The second-order valence-corrected chi connectivity index (χ2v) is 21.2. The number of carbonyl (C=O) groups excluding carboxylic acids is 1. The Kier molecular flexibility index (Phi) is 19.1. The van der Waals surface area contributed by atoms with Crippen molar-refractivity contribution in [2.75, 3.05) is 0 Å². The number of carbonyl (C=O) groups is 1. The minimum atomic E-state index is 0.0167. The highest BCUT2D eigenvalue weighted by Gasteiger charge is 2.66. The second-order valence-electron chi connectivity index (χ2n) is 18.6. The molecule has 4 rings (SSSR count). The fourth-order valence-corrected chi connectivity index (χ4v) is 14.2. The van der Waals surface area contributed by atoms with E-state index in [2.05, 4.69) is 59.6 Å². The molecule has 0 aromatic heterocycles. The maximum atomic E-state index is 13.0. The topological polar surface area (TPSA) is 26.3 Å². The molecule has 4 aliphatic rings. The van der Waals surface area contributed by atoms with Crippen molar-refractivity contribution in [1.82, 2.24) is 0 Å². The van der Waals surface area contributed by atoms with Crippen molar-refractivity contribution in [2.24, 2.45) is 34.5 Å². The summed E-state index contributed by atoms with van der Waals surface area (Å²) in [6, 6.07) is 0. The third kappa shape index (κ3) is 11.5. The van der Waals surface area contributed by atoms with Crippen molar-refractivity contribution in [3.8, 4) is 0 Å². The number of unbranched alkanes of at least 4 members (excludes halogenated alkanes) is 20. The minimum Gasteiger partial charge on any atom is -0.462 e. The Morgan fingerprint density at radius 1 is 0.640 bits per heavy atom. The Morgan fingerprint density at radius 2 is 1.16 bits per heavy atom. The third-order valence-corrected chi connectivity index (χ3v) is 18.9. The van der Waals surface area contributed by atoms with Gasteiger partial charge in [0, 0.05) is 22.0 Å². The van der Waals surface area contributed by atoms with Crippen molar-refractivity contribution in [2.45, 2.75) is 248 Å². The molecular formula is C46H82Br2O2. The molecule has 0 saturated heterocycles. The highest BCUT2D eigenvalue weighted by Crippen LogP contribution is 2.71. The first-order chi connectivity index (χ1) is 24.2. The molecule has 0 amide bonds. The van der Waals surface area contributed by atoms with E-state index in [-0.39, 0.29) is 21.8 Å². The van der Waals surface area contributed by atoms with E-state index in [0.29, 0.717) is 16.7 Å². The smallest absolute Gasteiger partial charge is 0.306 e. The molecule has 4 aliphatic carbocycles. The Bertz CT molecular complexity index is 954. The number of hydrogen-bond donors (Lipinski definition) is 0. The molecule has 0 aliphatic heterocycles. The van der Waals surface area contributed by atoms with Gasteiger partial charge in [-0.1, -0.05) is 194 Å². The van der Waals surface area contributed by atoms with Gasteiger partial charge in [-0.05, 0) is 92.3 Å². The van der Waals surface area contributed by atoms with Crippen LogP contribution >= 0.6 is 31.9 Å². The molecule has 0 bridgehead atoms. The van der Waals surface area contributed by atoms with Crippen LogP contribution in [0.15, 0.2) is 0 Å². The normalized spacial score (nSPS) is 35.0. The lowest BCUT2D eigenvalue weighted by molar-refractivity contribution is -0.157. The quantitative estimate of drug-likeness (QED) is 0.0521. The average Bonchev–Trinajstić information content (AvgIpc) is 3.43. The molecule has 0 heterocycles. The first-order valence-electron chi connectivity index (χ1n) is 22.7. The van der Waals surface area contributed by atoms with Gasteiger partial charge in [0.05, 0.1) is 0 Å². The van der Waals surface area contributed by atoms with Crippen LogP contribution in [0.4, 0.5) is 0 Å². The SMILES string of the molecule is CCCCCCCCCCCCCCCCCCC(=O)O[C@H]1CC[C@]2(C)C3CC[C@]4(C)C(CCCCCCCC)CCC4C3CC(Br)C2(Br)C1. The van der Waals surface area contributed by atoms with E-state index in [1.165, 1.54) is 180 Å². The number of esters is 1. The van der Waals surface area contributed by atoms with Crippen LogP contribution in [0.1, 0.15) is 233 Å². The van der Waals surface area contributed by atoms with Crippen LogP contribution in [-0.2, 0) is 9.53 Å². The van der Waals surface area contributed by atoms with Crippen molar-refractivity contribution < 1.29 is 9.53 Å². The summed E-state index contributed by atoms with van der Waals surface area (Å²) in [5.41, 5.74) is 0.818. The van der Waals surface area contributed by atoms with E-state index >= 15 is 0 Å². The zero-order chi connectivity index (χ0) is 35.9. The van der Waals surface area contributed by atoms with E-state index in [4.69, 9.17) is 4.74 Å². The summed E-state index contributed by atoms with van der Waals surface area (Å²) in [4.78, 5) is 13.4. The lowest BCUT2D eigenvalue weighted by Crippen LogP contribution is -2.64. The van der Waals surface area contributed by atoms with Gasteiger partial charge in [0.15, 0.2) is 0 Å². The Balaban J connectivity index is 1.11. The first kappa shape index (κ1) is 43.2. The zero-order valence-electron chi connectivity index (χ0n) is 33.7. The Hall–Kier alpha value is 0.430. The van der Waals surface area contributed by atoms with E-state index in [1.807, 2.05) is 0 Å². The summed E-state index contributed by atoms with van der Waals surface area (Å²) in [5, 5.41) is 0. The predicted molar refractivity (Wildman–Crippen MR) is 224 cm³/mol. The van der Waals surface area contributed by atoms with Crippen LogP contribution in [0.5, 0.6) is 0 Å². The van der Waals surface area contributed by atoms with Crippen LogP contribution in [0.2, 0.25) is 0 Å². The van der Waals surface area contributed by atoms with E-state index in [9.17, 15) is 4.79 Å². The molecule has 4 heteroatoms. The number of fused-ring (bicyclic) bond motifs is 5. The van der Waals surface area contributed by atoms with Gasteiger partial charge in [-0.3, -0.25) is 4.79 Å². The number of rotatable bonds is 25. The lowest BCUT2D eigenvalue weighted by Gasteiger charge is -2.65. The van der Waals surface area contributed by atoms with Crippen molar-refractivity contribution in [3.05, 3.63) is 0 Å². The molecule has 0 aromatic rings. The molecule has 0 radical (unpaired) electrons. The molecule has 6 unspecified atom stereocenters. The predicted octanol–water partition coefficient (Wildman–Crippen LogP) is 15.9. The van der Waals surface area contributed by atoms with Crippen LogP contribution in [0.25, 0.3) is 0 Å². The highest BCUT2D eigenvalue weighted by molar-refractivity contribution is 9.12. The fourth-order valence-electron chi connectivity index (χ4n) is 12.1. The van der Waals surface area contributed by atoms with Gasteiger partial charge in [0.1, 0.15) is 6.10 Å². The third-order valence-electron chi connectivity index (χ3n) is 15.3. The number of halogens is 2. The molecule has 4 saturated carbocycles. The molecule has 2 nitrogen and oxygen atoms in total. The van der Waals surface area contributed by atoms with Crippen LogP contribution in [0, 0.1) is 34.5 Å². The Morgan fingerprint density at radius 3 is 1.72 bits per heavy atom. The van der Waals surface area contributed by atoms with Gasteiger partial charge < -0.3 is 4.74 Å². The molecule has 292 valence electrons.